The SMILES string of the molecule is CCOC(=O)c1noc(C2CC2)c1C(=O)Nc1ccc(OC(F)(F)F)c(C)c1. The Morgan fingerprint density at radius 2 is 2.04 bits per heavy atom. The molecule has 1 aliphatic rings. The van der Waals surface area contributed by atoms with Crippen LogP contribution in [0.25, 0.3) is 0 Å². The summed E-state index contributed by atoms with van der Waals surface area (Å²) < 4.78 is 51.1. The molecule has 1 saturated carbocycles. The Hall–Kier alpha value is -3.04. The molecule has 150 valence electrons. The number of benzene rings is 1. The number of ether oxygens (including phenoxy) is 2. The molecule has 1 amide bonds. The molecule has 0 saturated heterocycles. The van der Waals surface area contributed by atoms with Crippen molar-refractivity contribution in [2.45, 2.75) is 39.0 Å². The van der Waals surface area contributed by atoms with Gasteiger partial charge in [-0.05, 0) is 50.5 Å². The summed E-state index contributed by atoms with van der Waals surface area (Å²) in [7, 11) is 0. The molecule has 0 spiro atoms. The Bertz CT molecular complexity index is 903. The third-order valence-corrected chi connectivity index (χ3v) is 4.02. The number of carbonyl (C=O) groups excluding carboxylic acids is 2. The van der Waals surface area contributed by atoms with E-state index in [0.717, 1.165) is 18.9 Å². The van der Waals surface area contributed by atoms with E-state index in [2.05, 4.69) is 15.2 Å². The molecule has 1 aliphatic carbocycles. The molecule has 1 fully saturated rings. The molecular formula is C18H17F3N2O5. The van der Waals surface area contributed by atoms with Crippen LogP contribution in [-0.2, 0) is 4.74 Å². The number of alkyl halides is 3. The Balaban J connectivity index is 1.84. The Morgan fingerprint density at radius 1 is 1.32 bits per heavy atom. The maximum atomic E-state index is 12.8. The summed E-state index contributed by atoms with van der Waals surface area (Å²) in [5, 5.41) is 6.23. The summed E-state index contributed by atoms with van der Waals surface area (Å²) in [5.74, 6) is -1.51. The first-order valence-corrected chi connectivity index (χ1v) is 8.54. The number of carbonyl (C=O) groups is 2. The molecule has 1 aromatic heterocycles. The van der Waals surface area contributed by atoms with Gasteiger partial charge in [0.15, 0.2) is 5.76 Å². The number of aryl methyl sites for hydroxylation is 1. The van der Waals surface area contributed by atoms with Gasteiger partial charge < -0.3 is 19.3 Å². The summed E-state index contributed by atoms with van der Waals surface area (Å²) in [6.07, 6.45) is -3.20. The fraction of sp³-hybridized carbons (Fsp3) is 0.389. The van der Waals surface area contributed by atoms with Gasteiger partial charge in [0.05, 0.1) is 6.61 Å². The average molecular weight is 398 g/mol. The molecular weight excluding hydrogens is 381 g/mol. The van der Waals surface area contributed by atoms with Crippen LogP contribution in [0.4, 0.5) is 18.9 Å². The van der Waals surface area contributed by atoms with Gasteiger partial charge in [0, 0.05) is 11.6 Å². The molecule has 3 rings (SSSR count). The summed E-state index contributed by atoms with van der Waals surface area (Å²) in [4.78, 5) is 24.8. The molecule has 2 aromatic rings. The van der Waals surface area contributed by atoms with Crippen LogP contribution in [0.15, 0.2) is 22.7 Å². The van der Waals surface area contributed by atoms with Crippen LogP contribution in [0.3, 0.4) is 0 Å². The molecule has 7 nitrogen and oxygen atoms in total. The third-order valence-electron chi connectivity index (χ3n) is 4.02. The van der Waals surface area contributed by atoms with E-state index < -0.39 is 18.2 Å². The van der Waals surface area contributed by atoms with E-state index in [0.29, 0.717) is 5.76 Å². The predicted molar refractivity (Wildman–Crippen MR) is 90.2 cm³/mol. The van der Waals surface area contributed by atoms with Gasteiger partial charge in [-0.25, -0.2) is 4.79 Å². The molecule has 1 N–H and O–H groups in total. The number of esters is 1. The number of hydrogen-bond donors (Lipinski definition) is 1. The van der Waals surface area contributed by atoms with Crippen molar-refractivity contribution in [3.8, 4) is 5.75 Å². The first-order valence-electron chi connectivity index (χ1n) is 8.54. The van der Waals surface area contributed by atoms with E-state index in [4.69, 9.17) is 9.26 Å². The maximum Gasteiger partial charge on any atom is 0.573 e. The van der Waals surface area contributed by atoms with Crippen LogP contribution < -0.4 is 10.1 Å². The fourth-order valence-electron chi connectivity index (χ4n) is 2.65. The Labute approximate surface area is 157 Å². The number of amides is 1. The summed E-state index contributed by atoms with van der Waals surface area (Å²) in [6, 6.07) is 3.69. The summed E-state index contributed by atoms with van der Waals surface area (Å²) in [6.45, 7) is 3.13. The minimum Gasteiger partial charge on any atom is -0.461 e. The highest BCUT2D eigenvalue weighted by atomic mass is 19.4. The molecule has 10 heteroatoms. The van der Waals surface area contributed by atoms with Crippen molar-refractivity contribution in [3.05, 3.63) is 40.8 Å². The van der Waals surface area contributed by atoms with Gasteiger partial charge in [0.25, 0.3) is 5.91 Å². The lowest BCUT2D eigenvalue weighted by molar-refractivity contribution is -0.274. The van der Waals surface area contributed by atoms with Gasteiger partial charge in [-0.2, -0.15) is 0 Å². The minimum absolute atomic E-state index is 0.000671. The summed E-state index contributed by atoms with van der Waals surface area (Å²) >= 11 is 0. The number of nitrogens with one attached hydrogen (secondary N) is 1. The summed E-state index contributed by atoms with van der Waals surface area (Å²) in [5.41, 5.74) is 0.160. The van der Waals surface area contributed by atoms with Crippen LogP contribution in [0.1, 0.15) is 57.9 Å². The monoisotopic (exact) mass is 398 g/mol. The second-order valence-electron chi connectivity index (χ2n) is 6.25. The number of rotatable bonds is 6. The van der Waals surface area contributed by atoms with Gasteiger partial charge in [-0.15, -0.1) is 13.2 Å². The highest BCUT2D eigenvalue weighted by Crippen LogP contribution is 2.42. The van der Waals surface area contributed by atoms with Crippen molar-refractivity contribution in [2.75, 3.05) is 11.9 Å². The van der Waals surface area contributed by atoms with Crippen molar-refractivity contribution in [3.63, 3.8) is 0 Å². The number of aromatic nitrogens is 1. The highest BCUT2D eigenvalue weighted by molar-refractivity contribution is 6.11. The van der Waals surface area contributed by atoms with Crippen LogP contribution in [-0.4, -0.2) is 30.0 Å². The van der Waals surface area contributed by atoms with E-state index in [1.165, 1.54) is 19.1 Å². The van der Waals surface area contributed by atoms with Crippen LogP contribution in [0, 0.1) is 6.92 Å². The largest absolute Gasteiger partial charge is 0.573 e. The van der Waals surface area contributed by atoms with Gasteiger partial charge in [0.2, 0.25) is 5.69 Å². The molecule has 1 heterocycles. The Kier molecular flexibility index (Phi) is 5.30. The average Bonchev–Trinajstić information content (AvgIpc) is 3.34. The van der Waals surface area contributed by atoms with Gasteiger partial charge in [-0.3, -0.25) is 4.79 Å². The first kappa shape index (κ1) is 19.7. The number of anilines is 1. The highest BCUT2D eigenvalue weighted by Gasteiger charge is 2.37. The molecule has 0 bridgehead atoms. The van der Waals surface area contributed by atoms with Crippen LogP contribution >= 0.6 is 0 Å². The Morgan fingerprint density at radius 3 is 2.61 bits per heavy atom. The molecule has 28 heavy (non-hydrogen) atoms. The number of nitrogens with zero attached hydrogens (tertiary/aromatic N) is 1. The quantitative estimate of drug-likeness (QED) is 0.734. The van der Waals surface area contributed by atoms with E-state index in [1.807, 2.05) is 0 Å². The second kappa shape index (κ2) is 7.53. The standard InChI is InChI=1S/C18H17F3N2O5/c1-3-26-17(25)14-13(15(28-23-14)10-4-5-10)16(24)22-11-6-7-12(9(2)8-11)27-18(19,20)21/h6-8,10H,3-5H2,1-2H3,(H,22,24). The van der Waals surface area contributed by atoms with E-state index in [-0.39, 0.29) is 40.8 Å². The van der Waals surface area contributed by atoms with Crippen LogP contribution in [0.2, 0.25) is 0 Å². The van der Waals surface area contributed by atoms with Crippen molar-refractivity contribution in [1.82, 2.24) is 5.16 Å². The normalized spacial score (nSPS) is 13.9. The fourth-order valence-corrected chi connectivity index (χ4v) is 2.65. The van der Waals surface area contributed by atoms with Gasteiger partial charge in [-0.1, -0.05) is 5.16 Å². The van der Waals surface area contributed by atoms with Gasteiger partial charge in [0.1, 0.15) is 11.3 Å². The lowest BCUT2D eigenvalue weighted by Crippen LogP contribution is -2.19. The van der Waals surface area contributed by atoms with Gasteiger partial charge >= 0.3 is 12.3 Å². The van der Waals surface area contributed by atoms with Crippen molar-refractivity contribution < 1.29 is 36.8 Å². The topological polar surface area (TPSA) is 90.7 Å². The van der Waals surface area contributed by atoms with E-state index >= 15 is 0 Å². The minimum atomic E-state index is -4.81. The molecule has 0 radical (unpaired) electrons. The zero-order valence-electron chi connectivity index (χ0n) is 15.1. The molecule has 0 unspecified atom stereocenters. The van der Waals surface area contributed by atoms with E-state index in [1.54, 1.807) is 6.92 Å². The van der Waals surface area contributed by atoms with Crippen LogP contribution in [0.5, 0.6) is 5.75 Å². The van der Waals surface area contributed by atoms with Crippen molar-refractivity contribution in [1.29, 1.82) is 0 Å². The molecule has 0 aliphatic heterocycles. The van der Waals surface area contributed by atoms with E-state index in [9.17, 15) is 22.8 Å². The smallest absolute Gasteiger partial charge is 0.461 e. The predicted octanol–water partition coefficient (Wildman–Crippen LogP) is 4.19. The van der Waals surface area contributed by atoms with Crippen molar-refractivity contribution >= 4 is 17.6 Å². The lowest BCUT2D eigenvalue weighted by Gasteiger charge is -2.13. The zero-order valence-corrected chi connectivity index (χ0v) is 15.1. The van der Waals surface area contributed by atoms with Crippen molar-refractivity contribution in [2.24, 2.45) is 0 Å². The zero-order chi connectivity index (χ0) is 20.5. The third kappa shape index (κ3) is 4.44. The number of hydrogen-bond acceptors (Lipinski definition) is 6. The first-order chi connectivity index (χ1) is 13.2. The second-order valence-corrected chi connectivity index (χ2v) is 6.25. The molecule has 1 aromatic carbocycles. The maximum absolute atomic E-state index is 12.8. The number of halogens is 3. The molecule has 0 atom stereocenters. The lowest BCUT2D eigenvalue weighted by atomic mass is 10.1.